The molecule has 1 aliphatic heterocycles. The quantitative estimate of drug-likeness (QED) is 0.775. The zero-order chi connectivity index (χ0) is 13.1. The number of carbonyl (C=O) groups excluding carboxylic acids is 3. The van der Waals surface area contributed by atoms with Gasteiger partial charge < -0.3 is 4.90 Å². The van der Waals surface area contributed by atoms with Gasteiger partial charge >= 0.3 is 0 Å². The fourth-order valence-corrected chi connectivity index (χ4v) is 2.03. The molecule has 5 nitrogen and oxygen atoms in total. The van der Waals surface area contributed by atoms with Crippen molar-refractivity contribution in [1.82, 2.24) is 10.2 Å². The van der Waals surface area contributed by atoms with Gasteiger partial charge in [0.1, 0.15) is 12.6 Å². The maximum absolute atomic E-state index is 12.3. The van der Waals surface area contributed by atoms with Crippen LogP contribution in [0.1, 0.15) is 23.7 Å². The average Bonchev–Trinajstić information content (AvgIpc) is 2.38. The Morgan fingerprint density at radius 3 is 2.61 bits per heavy atom. The van der Waals surface area contributed by atoms with E-state index in [0.29, 0.717) is 12.0 Å². The van der Waals surface area contributed by atoms with Gasteiger partial charge in [-0.05, 0) is 18.6 Å². The van der Waals surface area contributed by atoms with Crippen molar-refractivity contribution in [3.05, 3.63) is 35.9 Å². The number of piperazine rings is 1. The number of nitrogens with one attached hydrogen (secondary N) is 1. The first kappa shape index (κ1) is 12.3. The molecule has 2 rings (SSSR count). The highest BCUT2D eigenvalue weighted by Crippen LogP contribution is 2.13. The van der Waals surface area contributed by atoms with Gasteiger partial charge in [0.2, 0.25) is 11.8 Å². The molecule has 1 aliphatic rings. The van der Waals surface area contributed by atoms with Gasteiger partial charge in [-0.1, -0.05) is 25.1 Å². The molecule has 1 unspecified atom stereocenters. The predicted molar refractivity (Wildman–Crippen MR) is 64.7 cm³/mol. The molecule has 0 radical (unpaired) electrons. The van der Waals surface area contributed by atoms with E-state index in [4.69, 9.17) is 0 Å². The number of rotatable bonds is 2. The van der Waals surface area contributed by atoms with E-state index in [1.165, 1.54) is 4.90 Å². The molecular formula is C13H14N2O3. The summed E-state index contributed by atoms with van der Waals surface area (Å²) in [6.07, 6.45) is 0.484. The molecule has 1 N–H and O–H groups in total. The van der Waals surface area contributed by atoms with Gasteiger partial charge in [0.05, 0.1) is 0 Å². The first-order valence-corrected chi connectivity index (χ1v) is 5.83. The minimum atomic E-state index is -0.574. The molecular weight excluding hydrogens is 232 g/mol. The third-order valence-corrected chi connectivity index (χ3v) is 2.92. The standard InChI is InChI=1S/C13H14N2O3/c1-2-10-12(17)14-11(16)8-15(10)13(18)9-6-4-3-5-7-9/h3-7,10H,2,8H2,1H3,(H,14,16,17). The summed E-state index contributed by atoms with van der Waals surface area (Å²) in [5, 5.41) is 2.24. The molecule has 3 amide bonds. The highest BCUT2D eigenvalue weighted by molar-refractivity contribution is 6.07. The lowest BCUT2D eigenvalue weighted by atomic mass is 10.1. The Hall–Kier alpha value is -2.17. The van der Waals surface area contributed by atoms with Crippen molar-refractivity contribution >= 4 is 17.7 Å². The molecule has 5 heteroatoms. The molecule has 1 saturated heterocycles. The largest absolute Gasteiger partial charge is 0.317 e. The monoisotopic (exact) mass is 246 g/mol. The highest BCUT2D eigenvalue weighted by Gasteiger charge is 2.35. The lowest BCUT2D eigenvalue weighted by Gasteiger charge is -2.33. The minimum Gasteiger partial charge on any atom is -0.317 e. The highest BCUT2D eigenvalue weighted by atomic mass is 16.2. The van der Waals surface area contributed by atoms with Crippen LogP contribution in [0.2, 0.25) is 0 Å². The summed E-state index contributed by atoms with van der Waals surface area (Å²) in [4.78, 5) is 36.6. The summed E-state index contributed by atoms with van der Waals surface area (Å²) >= 11 is 0. The second kappa shape index (κ2) is 5.00. The van der Waals surface area contributed by atoms with Crippen LogP contribution in [0, 0.1) is 0 Å². The smallest absolute Gasteiger partial charge is 0.255 e. The van der Waals surface area contributed by atoms with Gasteiger partial charge in [-0.15, -0.1) is 0 Å². The van der Waals surface area contributed by atoms with Crippen LogP contribution in [0.5, 0.6) is 0 Å². The van der Waals surface area contributed by atoms with E-state index in [9.17, 15) is 14.4 Å². The third kappa shape index (κ3) is 2.25. The summed E-state index contributed by atoms with van der Waals surface area (Å²) in [7, 11) is 0. The Balaban J connectivity index is 2.27. The van der Waals surface area contributed by atoms with Gasteiger partial charge in [0.15, 0.2) is 0 Å². The van der Waals surface area contributed by atoms with Gasteiger partial charge in [-0.2, -0.15) is 0 Å². The Morgan fingerprint density at radius 2 is 2.00 bits per heavy atom. The molecule has 1 aromatic carbocycles. The van der Waals surface area contributed by atoms with E-state index in [1.54, 1.807) is 24.3 Å². The summed E-state index contributed by atoms with van der Waals surface area (Å²) < 4.78 is 0. The molecule has 0 aromatic heterocycles. The molecule has 1 fully saturated rings. The van der Waals surface area contributed by atoms with E-state index in [2.05, 4.69) is 5.32 Å². The normalized spacial score (nSPS) is 19.6. The first-order valence-electron chi connectivity index (χ1n) is 5.83. The van der Waals surface area contributed by atoms with E-state index in [-0.39, 0.29) is 12.5 Å². The SMILES string of the molecule is CCC1C(=O)NC(=O)CN1C(=O)c1ccccc1. The third-order valence-electron chi connectivity index (χ3n) is 2.92. The summed E-state index contributed by atoms with van der Waals surface area (Å²) in [6.45, 7) is 1.74. The molecule has 94 valence electrons. The van der Waals surface area contributed by atoms with Gasteiger partial charge in [-0.3, -0.25) is 19.7 Å². The van der Waals surface area contributed by atoms with Gasteiger partial charge in [-0.25, -0.2) is 0 Å². The molecule has 18 heavy (non-hydrogen) atoms. The second-order valence-corrected chi connectivity index (χ2v) is 4.14. The van der Waals surface area contributed by atoms with Crippen molar-refractivity contribution in [3.8, 4) is 0 Å². The number of carbonyl (C=O) groups is 3. The average molecular weight is 246 g/mol. The van der Waals surface area contributed by atoms with Crippen molar-refractivity contribution < 1.29 is 14.4 Å². The van der Waals surface area contributed by atoms with Crippen LogP contribution < -0.4 is 5.32 Å². The maximum Gasteiger partial charge on any atom is 0.255 e. The maximum atomic E-state index is 12.3. The van der Waals surface area contributed by atoms with Crippen molar-refractivity contribution in [2.45, 2.75) is 19.4 Å². The van der Waals surface area contributed by atoms with Crippen LogP contribution in [0.3, 0.4) is 0 Å². The van der Waals surface area contributed by atoms with Crippen LogP contribution >= 0.6 is 0 Å². The van der Waals surface area contributed by atoms with Crippen molar-refractivity contribution in [2.24, 2.45) is 0 Å². The summed E-state index contributed by atoms with van der Waals surface area (Å²) in [6, 6.07) is 8.08. The lowest BCUT2D eigenvalue weighted by Crippen LogP contribution is -2.59. The lowest BCUT2D eigenvalue weighted by molar-refractivity contribution is -0.138. The number of hydrogen-bond acceptors (Lipinski definition) is 3. The fourth-order valence-electron chi connectivity index (χ4n) is 2.03. The Labute approximate surface area is 105 Å². The molecule has 1 heterocycles. The van der Waals surface area contributed by atoms with E-state index in [1.807, 2.05) is 13.0 Å². The number of amides is 3. The van der Waals surface area contributed by atoms with Crippen LogP contribution in [0.15, 0.2) is 30.3 Å². The molecule has 1 atom stereocenters. The fraction of sp³-hybridized carbons (Fsp3) is 0.308. The van der Waals surface area contributed by atoms with Crippen LogP contribution in [0.4, 0.5) is 0 Å². The summed E-state index contributed by atoms with van der Waals surface area (Å²) in [5.41, 5.74) is 0.485. The number of hydrogen-bond donors (Lipinski definition) is 1. The van der Waals surface area contributed by atoms with E-state index >= 15 is 0 Å². The molecule has 0 aliphatic carbocycles. The van der Waals surface area contributed by atoms with Crippen molar-refractivity contribution in [2.75, 3.05) is 6.54 Å². The van der Waals surface area contributed by atoms with Crippen molar-refractivity contribution in [1.29, 1.82) is 0 Å². The Morgan fingerprint density at radius 1 is 1.33 bits per heavy atom. The molecule has 0 bridgehead atoms. The number of benzene rings is 1. The number of nitrogens with zero attached hydrogens (tertiary/aromatic N) is 1. The predicted octanol–water partition coefficient (Wildman–Crippen LogP) is 0.564. The molecule has 1 aromatic rings. The molecule has 0 saturated carbocycles. The zero-order valence-corrected chi connectivity index (χ0v) is 10.1. The number of imide groups is 1. The van der Waals surface area contributed by atoms with Gasteiger partial charge in [0, 0.05) is 5.56 Å². The second-order valence-electron chi connectivity index (χ2n) is 4.14. The zero-order valence-electron chi connectivity index (χ0n) is 10.1. The Kier molecular flexibility index (Phi) is 3.41. The Bertz CT molecular complexity index is 484. The van der Waals surface area contributed by atoms with Crippen LogP contribution in [-0.2, 0) is 9.59 Å². The van der Waals surface area contributed by atoms with Crippen molar-refractivity contribution in [3.63, 3.8) is 0 Å². The van der Waals surface area contributed by atoms with Gasteiger partial charge in [0.25, 0.3) is 5.91 Å². The molecule has 0 spiro atoms. The minimum absolute atomic E-state index is 0.0715. The van der Waals surface area contributed by atoms with Crippen LogP contribution in [0.25, 0.3) is 0 Å². The topological polar surface area (TPSA) is 66.5 Å². The summed E-state index contributed by atoms with van der Waals surface area (Å²) in [5.74, 6) is -1.13. The van der Waals surface area contributed by atoms with Crippen LogP contribution in [-0.4, -0.2) is 35.2 Å². The van der Waals surface area contributed by atoms with E-state index < -0.39 is 17.9 Å². The first-order chi connectivity index (χ1) is 8.63. The van der Waals surface area contributed by atoms with E-state index in [0.717, 1.165) is 0 Å².